The first-order valence-electron chi connectivity index (χ1n) is 10.5. The highest BCUT2D eigenvalue weighted by Crippen LogP contribution is 2.30. The second kappa shape index (κ2) is 9.75. The molecule has 6 nitrogen and oxygen atoms in total. The van der Waals surface area contributed by atoms with Crippen molar-refractivity contribution in [2.75, 3.05) is 10.6 Å². The number of amides is 3. The van der Waals surface area contributed by atoms with Gasteiger partial charge in [-0.25, -0.2) is 4.79 Å². The quantitative estimate of drug-likeness (QED) is 0.526. The molecule has 1 heterocycles. The zero-order valence-corrected chi connectivity index (χ0v) is 18.4. The van der Waals surface area contributed by atoms with Crippen LogP contribution >= 0.6 is 11.6 Å². The SMILES string of the molecule is CC[C@@H]1Oc2ccc(NC(=O)Nc3cccc(Cl)c3)cc2CN(Cc2ccccc2)C1=O. The van der Waals surface area contributed by atoms with Crippen LogP contribution in [0.25, 0.3) is 0 Å². The Hall–Kier alpha value is -3.51. The van der Waals surface area contributed by atoms with Crippen LogP contribution in [0.1, 0.15) is 24.5 Å². The third kappa shape index (κ3) is 5.21. The Morgan fingerprint density at radius 3 is 2.50 bits per heavy atom. The Kier molecular flexibility index (Phi) is 6.61. The Morgan fingerprint density at radius 1 is 1.03 bits per heavy atom. The minimum absolute atomic E-state index is 0.0410. The number of nitrogens with one attached hydrogen (secondary N) is 2. The van der Waals surface area contributed by atoms with Gasteiger partial charge in [0.15, 0.2) is 6.10 Å². The van der Waals surface area contributed by atoms with Crippen LogP contribution in [-0.2, 0) is 17.9 Å². The van der Waals surface area contributed by atoms with Gasteiger partial charge in [0.2, 0.25) is 0 Å². The molecule has 3 aromatic carbocycles. The molecule has 0 fully saturated rings. The lowest BCUT2D eigenvalue weighted by atomic mass is 10.1. The number of halogens is 1. The van der Waals surface area contributed by atoms with Crippen LogP contribution in [0, 0.1) is 0 Å². The van der Waals surface area contributed by atoms with Crippen LogP contribution in [-0.4, -0.2) is 22.9 Å². The van der Waals surface area contributed by atoms with Gasteiger partial charge in [0.25, 0.3) is 5.91 Å². The first kappa shape index (κ1) is 21.7. The molecule has 3 amide bonds. The largest absolute Gasteiger partial charge is 0.480 e. The van der Waals surface area contributed by atoms with Gasteiger partial charge >= 0.3 is 6.03 Å². The van der Waals surface area contributed by atoms with Crippen LogP contribution in [0.5, 0.6) is 5.75 Å². The Bertz CT molecular complexity index is 1120. The van der Waals surface area contributed by atoms with E-state index < -0.39 is 6.10 Å². The van der Waals surface area contributed by atoms with Gasteiger partial charge < -0.3 is 20.3 Å². The van der Waals surface area contributed by atoms with Crippen molar-refractivity contribution in [1.82, 2.24) is 4.90 Å². The first-order valence-corrected chi connectivity index (χ1v) is 10.9. The van der Waals surface area contributed by atoms with Crippen molar-refractivity contribution in [3.05, 3.63) is 88.9 Å². The average molecular weight is 450 g/mol. The minimum atomic E-state index is -0.537. The molecule has 0 saturated heterocycles. The van der Waals surface area contributed by atoms with Gasteiger partial charge in [-0.05, 0) is 48.4 Å². The van der Waals surface area contributed by atoms with Crippen molar-refractivity contribution in [2.24, 2.45) is 0 Å². The summed E-state index contributed by atoms with van der Waals surface area (Å²) < 4.78 is 6.02. The minimum Gasteiger partial charge on any atom is -0.480 e. The highest BCUT2D eigenvalue weighted by Gasteiger charge is 2.30. The zero-order valence-electron chi connectivity index (χ0n) is 17.7. The van der Waals surface area contributed by atoms with Gasteiger partial charge in [0, 0.05) is 35.1 Å². The summed E-state index contributed by atoms with van der Waals surface area (Å²) in [7, 11) is 0. The lowest BCUT2D eigenvalue weighted by molar-refractivity contribution is -0.139. The highest BCUT2D eigenvalue weighted by molar-refractivity contribution is 6.30. The van der Waals surface area contributed by atoms with E-state index in [1.165, 1.54) is 0 Å². The fraction of sp³-hybridized carbons (Fsp3) is 0.200. The highest BCUT2D eigenvalue weighted by atomic mass is 35.5. The van der Waals surface area contributed by atoms with Gasteiger partial charge in [-0.1, -0.05) is 54.9 Å². The molecule has 0 saturated carbocycles. The monoisotopic (exact) mass is 449 g/mol. The molecule has 3 aromatic rings. The molecular weight excluding hydrogens is 426 g/mol. The van der Waals surface area contributed by atoms with Crippen LogP contribution in [0.2, 0.25) is 5.02 Å². The summed E-state index contributed by atoms with van der Waals surface area (Å²) in [4.78, 5) is 27.3. The molecule has 2 N–H and O–H groups in total. The number of rotatable bonds is 5. The third-order valence-electron chi connectivity index (χ3n) is 5.21. The van der Waals surface area contributed by atoms with Gasteiger partial charge in [-0.3, -0.25) is 4.79 Å². The summed E-state index contributed by atoms with van der Waals surface area (Å²) in [6, 6.07) is 21.8. The van der Waals surface area contributed by atoms with E-state index in [9.17, 15) is 9.59 Å². The normalized spacial score (nSPS) is 15.4. The van der Waals surface area contributed by atoms with E-state index in [0.29, 0.717) is 41.7 Å². The van der Waals surface area contributed by atoms with Crippen molar-refractivity contribution >= 4 is 34.9 Å². The summed E-state index contributed by atoms with van der Waals surface area (Å²) in [6.45, 7) is 2.82. The summed E-state index contributed by atoms with van der Waals surface area (Å²) in [5, 5.41) is 6.13. The number of anilines is 2. The van der Waals surface area contributed by atoms with Crippen molar-refractivity contribution < 1.29 is 14.3 Å². The Labute approximate surface area is 192 Å². The number of hydrogen-bond acceptors (Lipinski definition) is 3. The smallest absolute Gasteiger partial charge is 0.323 e. The molecule has 0 aromatic heterocycles. The second-order valence-corrected chi connectivity index (χ2v) is 8.04. The predicted octanol–water partition coefficient (Wildman–Crippen LogP) is 5.68. The molecule has 1 aliphatic heterocycles. The summed E-state index contributed by atoms with van der Waals surface area (Å²) in [5.74, 6) is 0.613. The molecule has 0 unspecified atom stereocenters. The molecular formula is C25H24ClN3O3. The molecule has 32 heavy (non-hydrogen) atoms. The molecule has 4 rings (SSSR count). The molecule has 0 radical (unpaired) electrons. The topological polar surface area (TPSA) is 70.7 Å². The number of urea groups is 1. The van der Waals surface area contributed by atoms with Gasteiger partial charge in [-0.2, -0.15) is 0 Å². The fourth-order valence-corrected chi connectivity index (χ4v) is 3.83. The molecule has 0 spiro atoms. The van der Waals surface area contributed by atoms with E-state index in [1.54, 1.807) is 41.3 Å². The van der Waals surface area contributed by atoms with Crippen molar-refractivity contribution in [2.45, 2.75) is 32.5 Å². The fourth-order valence-electron chi connectivity index (χ4n) is 3.64. The lowest BCUT2D eigenvalue weighted by Crippen LogP contribution is -2.38. The number of nitrogens with zero attached hydrogens (tertiary/aromatic N) is 1. The van der Waals surface area contributed by atoms with E-state index in [2.05, 4.69) is 10.6 Å². The number of fused-ring (bicyclic) bond motifs is 1. The molecule has 0 aliphatic carbocycles. The Balaban J connectivity index is 1.53. The van der Waals surface area contributed by atoms with Crippen molar-refractivity contribution in [3.63, 3.8) is 0 Å². The molecule has 164 valence electrons. The van der Waals surface area contributed by atoms with Gasteiger partial charge in [0.1, 0.15) is 5.75 Å². The standard InChI is InChI=1S/C25H24ClN3O3/c1-2-22-24(30)29(15-17-7-4-3-5-8-17)16-18-13-21(11-12-23(18)32-22)28-25(31)27-20-10-6-9-19(26)14-20/h3-14,22H,2,15-16H2,1H3,(H2,27,28,31)/t22-/m0/s1. The number of carbonyl (C=O) groups is 2. The maximum Gasteiger partial charge on any atom is 0.323 e. The van der Waals surface area contributed by atoms with E-state index in [4.69, 9.17) is 16.3 Å². The van der Waals surface area contributed by atoms with Gasteiger partial charge in [-0.15, -0.1) is 0 Å². The first-order chi connectivity index (χ1) is 15.5. The average Bonchev–Trinajstić information content (AvgIpc) is 2.90. The molecule has 0 bridgehead atoms. The van der Waals surface area contributed by atoms with Crippen LogP contribution in [0.4, 0.5) is 16.2 Å². The van der Waals surface area contributed by atoms with Gasteiger partial charge in [0.05, 0.1) is 0 Å². The maximum absolute atomic E-state index is 13.1. The summed E-state index contributed by atoms with van der Waals surface area (Å²) in [5.41, 5.74) is 3.09. The maximum atomic E-state index is 13.1. The molecule has 1 atom stereocenters. The van der Waals surface area contributed by atoms with Crippen LogP contribution in [0.3, 0.4) is 0 Å². The van der Waals surface area contributed by atoms with E-state index in [-0.39, 0.29) is 11.9 Å². The van der Waals surface area contributed by atoms with Crippen molar-refractivity contribution in [3.8, 4) is 5.75 Å². The predicted molar refractivity (Wildman–Crippen MR) is 126 cm³/mol. The van der Waals surface area contributed by atoms with Crippen molar-refractivity contribution in [1.29, 1.82) is 0 Å². The van der Waals surface area contributed by atoms with Crippen LogP contribution in [0.15, 0.2) is 72.8 Å². The number of benzene rings is 3. The number of ether oxygens (including phenoxy) is 1. The lowest BCUT2D eigenvalue weighted by Gasteiger charge is -2.23. The number of carbonyl (C=O) groups excluding carboxylic acids is 2. The summed E-state index contributed by atoms with van der Waals surface area (Å²) in [6.07, 6.45) is 0.0379. The van der Waals surface area contributed by atoms with E-state index in [0.717, 1.165) is 11.1 Å². The Morgan fingerprint density at radius 2 is 1.78 bits per heavy atom. The van der Waals surface area contributed by atoms with E-state index >= 15 is 0 Å². The number of hydrogen-bond donors (Lipinski definition) is 2. The van der Waals surface area contributed by atoms with E-state index in [1.807, 2.05) is 43.3 Å². The second-order valence-electron chi connectivity index (χ2n) is 7.61. The molecule has 1 aliphatic rings. The molecule has 7 heteroatoms. The summed E-state index contributed by atoms with van der Waals surface area (Å²) >= 11 is 5.97. The third-order valence-corrected chi connectivity index (χ3v) is 5.44. The van der Waals surface area contributed by atoms with Crippen LogP contribution < -0.4 is 15.4 Å². The zero-order chi connectivity index (χ0) is 22.5.